The van der Waals surface area contributed by atoms with Crippen molar-refractivity contribution < 1.29 is 9.53 Å². The van der Waals surface area contributed by atoms with Crippen LogP contribution in [0.4, 0.5) is 0 Å². The Balaban J connectivity index is 3.12. The van der Waals surface area contributed by atoms with Crippen LogP contribution < -0.4 is 5.73 Å². The first-order valence-electron chi connectivity index (χ1n) is 7.32. The van der Waals surface area contributed by atoms with Crippen LogP contribution in [-0.2, 0) is 14.9 Å². The van der Waals surface area contributed by atoms with Crippen molar-refractivity contribution in [1.82, 2.24) is 0 Å². The maximum Gasteiger partial charge on any atom is 0.317 e. The third-order valence-corrected chi connectivity index (χ3v) is 3.97. The SMILES string of the molecule is COC(=O)C(CN)(CCCC(C)C)c1ccccc1C. The molecule has 1 rings (SSSR count). The third kappa shape index (κ3) is 3.60. The van der Waals surface area contributed by atoms with Crippen LogP contribution in [0.1, 0.15) is 44.2 Å². The second-order valence-corrected chi connectivity index (χ2v) is 5.88. The first kappa shape index (κ1) is 16.7. The van der Waals surface area contributed by atoms with Crippen molar-refractivity contribution in [2.75, 3.05) is 13.7 Å². The van der Waals surface area contributed by atoms with Gasteiger partial charge in [-0.3, -0.25) is 4.79 Å². The molecule has 0 saturated heterocycles. The van der Waals surface area contributed by atoms with Gasteiger partial charge in [0, 0.05) is 6.54 Å². The minimum Gasteiger partial charge on any atom is -0.468 e. The van der Waals surface area contributed by atoms with Crippen LogP contribution in [0.2, 0.25) is 0 Å². The Hall–Kier alpha value is -1.35. The molecule has 1 aromatic rings. The van der Waals surface area contributed by atoms with Gasteiger partial charge in [-0.25, -0.2) is 0 Å². The van der Waals surface area contributed by atoms with Crippen molar-refractivity contribution in [2.45, 2.75) is 45.4 Å². The first-order chi connectivity index (χ1) is 9.47. The summed E-state index contributed by atoms with van der Waals surface area (Å²) in [4.78, 5) is 12.4. The maximum atomic E-state index is 12.4. The van der Waals surface area contributed by atoms with Gasteiger partial charge in [-0.1, -0.05) is 51.0 Å². The summed E-state index contributed by atoms with van der Waals surface area (Å²) < 4.78 is 5.05. The first-order valence-corrected chi connectivity index (χ1v) is 7.32. The molecule has 112 valence electrons. The van der Waals surface area contributed by atoms with Crippen molar-refractivity contribution in [3.8, 4) is 0 Å². The molecule has 2 N–H and O–H groups in total. The molecule has 1 unspecified atom stereocenters. The van der Waals surface area contributed by atoms with Crippen LogP contribution in [0, 0.1) is 12.8 Å². The Bertz CT molecular complexity index is 442. The smallest absolute Gasteiger partial charge is 0.317 e. The highest BCUT2D eigenvalue weighted by Gasteiger charge is 2.40. The van der Waals surface area contributed by atoms with Gasteiger partial charge in [-0.05, 0) is 30.4 Å². The Kier molecular flexibility index (Phi) is 6.21. The fourth-order valence-corrected chi connectivity index (χ4v) is 2.76. The average Bonchev–Trinajstić information content (AvgIpc) is 2.43. The third-order valence-electron chi connectivity index (χ3n) is 3.97. The summed E-state index contributed by atoms with van der Waals surface area (Å²) in [5, 5.41) is 0. The van der Waals surface area contributed by atoms with E-state index < -0.39 is 5.41 Å². The average molecular weight is 277 g/mol. The zero-order chi connectivity index (χ0) is 15.2. The van der Waals surface area contributed by atoms with E-state index in [9.17, 15) is 4.79 Å². The van der Waals surface area contributed by atoms with Crippen molar-refractivity contribution in [2.24, 2.45) is 11.7 Å². The van der Waals surface area contributed by atoms with Crippen LogP contribution >= 0.6 is 0 Å². The molecule has 1 atom stereocenters. The second-order valence-electron chi connectivity index (χ2n) is 5.88. The zero-order valence-electron chi connectivity index (χ0n) is 13.1. The van der Waals surface area contributed by atoms with Crippen LogP contribution in [0.5, 0.6) is 0 Å². The van der Waals surface area contributed by atoms with E-state index in [1.54, 1.807) is 0 Å². The molecule has 0 aliphatic heterocycles. The lowest BCUT2D eigenvalue weighted by molar-refractivity contribution is -0.147. The minimum atomic E-state index is -0.713. The summed E-state index contributed by atoms with van der Waals surface area (Å²) in [6, 6.07) is 7.95. The number of benzene rings is 1. The van der Waals surface area contributed by atoms with Gasteiger partial charge >= 0.3 is 5.97 Å². The highest BCUT2D eigenvalue weighted by atomic mass is 16.5. The molecule has 0 heterocycles. The number of rotatable bonds is 7. The minimum absolute atomic E-state index is 0.224. The lowest BCUT2D eigenvalue weighted by Gasteiger charge is -2.31. The number of hydrogen-bond acceptors (Lipinski definition) is 3. The molecule has 1 aromatic carbocycles. The van der Waals surface area contributed by atoms with Crippen LogP contribution in [-0.4, -0.2) is 19.6 Å². The lowest BCUT2D eigenvalue weighted by Crippen LogP contribution is -2.44. The molecular formula is C17H27NO2. The molecule has 3 nitrogen and oxygen atoms in total. The van der Waals surface area contributed by atoms with E-state index in [0.29, 0.717) is 5.92 Å². The zero-order valence-corrected chi connectivity index (χ0v) is 13.1. The Morgan fingerprint density at radius 3 is 2.50 bits per heavy atom. The molecule has 0 aromatic heterocycles. The summed E-state index contributed by atoms with van der Waals surface area (Å²) in [6.45, 7) is 6.68. The van der Waals surface area contributed by atoms with E-state index in [-0.39, 0.29) is 12.5 Å². The lowest BCUT2D eigenvalue weighted by atomic mass is 9.74. The highest BCUT2D eigenvalue weighted by molar-refractivity contribution is 5.84. The predicted molar refractivity (Wildman–Crippen MR) is 82.6 cm³/mol. The van der Waals surface area contributed by atoms with Crippen LogP contribution in [0.15, 0.2) is 24.3 Å². The summed E-state index contributed by atoms with van der Waals surface area (Å²) in [6.07, 6.45) is 2.79. The number of aryl methyl sites for hydroxylation is 1. The normalized spacial score (nSPS) is 14.1. The van der Waals surface area contributed by atoms with Crippen molar-refractivity contribution >= 4 is 5.97 Å². The molecule has 0 fully saturated rings. The molecule has 0 saturated carbocycles. The predicted octanol–water partition coefficient (Wildman–Crippen LogP) is 3.19. The van der Waals surface area contributed by atoms with Gasteiger partial charge in [0.1, 0.15) is 5.41 Å². The highest BCUT2D eigenvalue weighted by Crippen LogP contribution is 2.33. The van der Waals surface area contributed by atoms with Crippen molar-refractivity contribution in [3.05, 3.63) is 35.4 Å². The molecule has 0 spiro atoms. The number of nitrogens with two attached hydrogens (primary N) is 1. The molecule has 0 aliphatic rings. The molecule has 0 aliphatic carbocycles. The van der Waals surface area contributed by atoms with Crippen LogP contribution in [0.25, 0.3) is 0 Å². The summed E-state index contributed by atoms with van der Waals surface area (Å²) >= 11 is 0. The number of carbonyl (C=O) groups is 1. The topological polar surface area (TPSA) is 52.3 Å². The number of carbonyl (C=O) groups excluding carboxylic acids is 1. The maximum absolute atomic E-state index is 12.4. The summed E-state index contributed by atoms with van der Waals surface area (Å²) in [7, 11) is 1.44. The van der Waals surface area contributed by atoms with E-state index in [1.807, 2.05) is 31.2 Å². The quantitative estimate of drug-likeness (QED) is 0.779. The van der Waals surface area contributed by atoms with E-state index >= 15 is 0 Å². The monoisotopic (exact) mass is 277 g/mol. The van der Waals surface area contributed by atoms with Gasteiger partial charge in [-0.15, -0.1) is 0 Å². The van der Waals surface area contributed by atoms with Gasteiger partial charge < -0.3 is 10.5 Å². The summed E-state index contributed by atoms with van der Waals surface area (Å²) in [5.41, 5.74) is 7.38. The molecule has 0 amide bonds. The molecular weight excluding hydrogens is 250 g/mol. The fraction of sp³-hybridized carbons (Fsp3) is 0.588. The van der Waals surface area contributed by atoms with E-state index in [2.05, 4.69) is 13.8 Å². The number of hydrogen-bond donors (Lipinski definition) is 1. The molecule has 20 heavy (non-hydrogen) atoms. The summed E-state index contributed by atoms with van der Waals surface area (Å²) in [5.74, 6) is 0.401. The van der Waals surface area contributed by atoms with E-state index in [0.717, 1.165) is 30.4 Å². The number of esters is 1. The van der Waals surface area contributed by atoms with Gasteiger partial charge in [-0.2, -0.15) is 0 Å². The Labute approximate surface area is 122 Å². The number of methoxy groups -OCH3 is 1. The standard InChI is InChI=1S/C17H27NO2/c1-13(2)8-7-11-17(12-18,16(19)20-4)15-10-6-5-9-14(15)3/h5-6,9-10,13H,7-8,11-12,18H2,1-4H3. The Morgan fingerprint density at radius 2 is 2.00 bits per heavy atom. The van der Waals surface area contributed by atoms with Gasteiger partial charge in [0.15, 0.2) is 0 Å². The fourth-order valence-electron chi connectivity index (χ4n) is 2.76. The Morgan fingerprint density at radius 1 is 1.35 bits per heavy atom. The van der Waals surface area contributed by atoms with Gasteiger partial charge in [0.05, 0.1) is 7.11 Å². The van der Waals surface area contributed by atoms with Gasteiger partial charge in [0.2, 0.25) is 0 Å². The molecule has 3 heteroatoms. The van der Waals surface area contributed by atoms with Crippen LogP contribution in [0.3, 0.4) is 0 Å². The molecule has 0 bridgehead atoms. The second kappa shape index (κ2) is 7.44. The van der Waals surface area contributed by atoms with Crippen molar-refractivity contribution in [1.29, 1.82) is 0 Å². The van der Waals surface area contributed by atoms with Crippen molar-refractivity contribution in [3.63, 3.8) is 0 Å². The molecule has 0 radical (unpaired) electrons. The van der Waals surface area contributed by atoms with E-state index in [1.165, 1.54) is 7.11 Å². The largest absolute Gasteiger partial charge is 0.468 e. The van der Waals surface area contributed by atoms with E-state index in [4.69, 9.17) is 10.5 Å². The van der Waals surface area contributed by atoms with Gasteiger partial charge in [0.25, 0.3) is 0 Å². The number of ether oxygens (including phenoxy) is 1.